The van der Waals surface area contributed by atoms with E-state index in [2.05, 4.69) is 11.6 Å². The van der Waals surface area contributed by atoms with Crippen LogP contribution >= 0.6 is 0 Å². The minimum atomic E-state index is -4.39. The molecule has 0 N–H and O–H groups in total. The predicted octanol–water partition coefficient (Wildman–Crippen LogP) is 3.98. The number of hydroxylamine groups is 2. The third-order valence-corrected chi connectivity index (χ3v) is 4.58. The number of halogens is 3. The van der Waals surface area contributed by atoms with Gasteiger partial charge >= 0.3 is 6.18 Å². The second kappa shape index (κ2) is 7.11. The van der Waals surface area contributed by atoms with Crippen LogP contribution in [0.1, 0.15) is 37.7 Å². The number of alkyl halides is 3. The number of fused-ring (bicyclic) bond motifs is 2. The molecular weight excluding hydrogens is 321 g/mol. The Kier molecular flexibility index (Phi) is 5.10. The molecule has 2 aliphatic heterocycles. The van der Waals surface area contributed by atoms with Gasteiger partial charge in [-0.2, -0.15) is 13.2 Å². The first-order valence-electron chi connectivity index (χ1n) is 8.19. The zero-order chi connectivity index (χ0) is 17.2. The van der Waals surface area contributed by atoms with Crippen molar-refractivity contribution in [3.05, 3.63) is 36.5 Å². The summed E-state index contributed by atoms with van der Waals surface area (Å²) in [5.41, 5.74) is -0.772. The van der Waals surface area contributed by atoms with E-state index in [9.17, 15) is 13.2 Å². The lowest BCUT2D eigenvalue weighted by molar-refractivity contribution is -0.193. The molecule has 0 aromatic carbocycles. The van der Waals surface area contributed by atoms with Crippen molar-refractivity contribution in [2.75, 3.05) is 6.61 Å². The molecule has 3 rings (SSSR count). The van der Waals surface area contributed by atoms with E-state index in [0.29, 0.717) is 6.61 Å². The number of nitrogens with zero attached hydrogens (tertiary/aromatic N) is 2. The van der Waals surface area contributed by atoms with Crippen LogP contribution in [-0.4, -0.2) is 34.8 Å². The van der Waals surface area contributed by atoms with Crippen molar-refractivity contribution in [3.8, 4) is 5.88 Å². The molecular formula is C17H21F3N2O2. The van der Waals surface area contributed by atoms with Gasteiger partial charge < -0.3 is 9.57 Å². The lowest BCUT2D eigenvalue weighted by atomic mass is 9.85. The van der Waals surface area contributed by atoms with E-state index in [0.717, 1.165) is 44.4 Å². The highest BCUT2D eigenvalue weighted by molar-refractivity contribution is 5.20. The highest BCUT2D eigenvalue weighted by Crippen LogP contribution is 2.36. The van der Waals surface area contributed by atoms with Gasteiger partial charge in [0.1, 0.15) is 0 Å². The Hall–Kier alpha value is -1.60. The van der Waals surface area contributed by atoms with Crippen LogP contribution in [0, 0.1) is 0 Å². The van der Waals surface area contributed by atoms with Crippen LogP contribution in [0.3, 0.4) is 0 Å². The smallest absolute Gasteiger partial charge is 0.385 e. The fraction of sp³-hybridized carbons (Fsp3) is 0.588. The Balaban J connectivity index is 1.65. The summed E-state index contributed by atoms with van der Waals surface area (Å²) in [5.74, 6) is 0.199. The van der Waals surface area contributed by atoms with Gasteiger partial charge in [0.2, 0.25) is 5.88 Å². The molecule has 4 nitrogen and oxygen atoms in total. The summed E-state index contributed by atoms with van der Waals surface area (Å²) in [4.78, 5) is 9.63. The first kappa shape index (κ1) is 17.2. The van der Waals surface area contributed by atoms with Gasteiger partial charge in [-0.3, -0.25) is 0 Å². The number of piperidine rings is 2. The third-order valence-electron chi connectivity index (χ3n) is 4.58. The predicted molar refractivity (Wildman–Crippen MR) is 82.3 cm³/mol. The van der Waals surface area contributed by atoms with Crippen molar-refractivity contribution < 1.29 is 22.7 Å². The maximum atomic E-state index is 12.6. The first-order valence-corrected chi connectivity index (χ1v) is 8.19. The largest absolute Gasteiger partial charge is 0.417 e. The summed E-state index contributed by atoms with van der Waals surface area (Å²) in [6.45, 7) is 4.20. The molecule has 1 aromatic heterocycles. The molecule has 1 aromatic rings. The Morgan fingerprint density at radius 3 is 2.50 bits per heavy atom. The van der Waals surface area contributed by atoms with Crippen LogP contribution in [0.25, 0.3) is 0 Å². The average Bonchev–Trinajstić information content (AvgIpc) is 2.53. The Bertz CT molecular complexity index is 548. The van der Waals surface area contributed by atoms with Crippen LogP contribution in [0.15, 0.2) is 31.0 Å². The molecule has 7 heteroatoms. The highest BCUT2D eigenvalue weighted by Gasteiger charge is 2.40. The van der Waals surface area contributed by atoms with Gasteiger partial charge in [0, 0.05) is 24.3 Å². The van der Waals surface area contributed by atoms with Crippen molar-refractivity contribution in [1.82, 2.24) is 10.0 Å². The summed E-state index contributed by atoms with van der Waals surface area (Å²) in [6.07, 6.45) is 3.16. The topological polar surface area (TPSA) is 34.6 Å². The van der Waals surface area contributed by atoms with Crippen LogP contribution in [-0.2, 0) is 10.9 Å². The van der Waals surface area contributed by atoms with E-state index in [4.69, 9.17) is 9.57 Å². The van der Waals surface area contributed by atoms with E-state index in [1.54, 1.807) is 6.08 Å². The van der Waals surface area contributed by atoms with Crippen LogP contribution in [0.2, 0.25) is 0 Å². The number of hydrogen-bond acceptors (Lipinski definition) is 4. The van der Waals surface area contributed by atoms with Crippen LogP contribution in [0.5, 0.6) is 5.88 Å². The number of hydrogen-bond donors (Lipinski definition) is 0. The highest BCUT2D eigenvalue weighted by atomic mass is 19.4. The minimum Gasteiger partial charge on any atom is -0.385 e. The van der Waals surface area contributed by atoms with Crippen molar-refractivity contribution in [2.45, 2.75) is 56.5 Å². The van der Waals surface area contributed by atoms with Crippen molar-refractivity contribution in [1.29, 1.82) is 0 Å². The lowest BCUT2D eigenvalue weighted by Crippen LogP contribution is -2.55. The lowest BCUT2D eigenvalue weighted by Gasteiger charge is -2.46. The van der Waals surface area contributed by atoms with E-state index in [1.165, 1.54) is 6.07 Å². The average molecular weight is 342 g/mol. The molecule has 24 heavy (non-hydrogen) atoms. The summed E-state index contributed by atoms with van der Waals surface area (Å²) in [7, 11) is 0. The van der Waals surface area contributed by atoms with E-state index in [1.807, 2.05) is 5.06 Å². The fourth-order valence-corrected chi connectivity index (χ4v) is 3.49. The zero-order valence-electron chi connectivity index (χ0n) is 13.3. The fourth-order valence-electron chi connectivity index (χ4n) is 3.49. The third kappa shape index (κ3) is 3.89. The molecule has 0 amide bonds. The van der Waals surface area contributed by atoms with Gasteiger partial charge in [-0.1, -0.05) is 12.5 Å². The zero-order valence-corrected chi connectivity index (χ0v) is 13.3. The molecule has 2 fully saturated rings. The van der Waals surface area contributed by atoms with Crippen LogP contribution < -0.4 is 4.84 Å². The van der Waals surface area contributed by atoms with E-state index >= 15 is 0 Å². The molecule has 0 aliphatic carbocycles. The summed E-state index contributed by atoms with van der Waals surface area (Å²) >= 11 is 0. The number of rotatable bonds is 5. The molecule has 132 valence electrons. The Labute approximate surface area is 139 Å². The quantitative estimate of drug-likeness (QED) is 0.758. The Morgan fingerprint density at radius 1 is 1.25 bits per heavy atom. The summed E-state index contributed by atoms with van der Waals surface area (Å²) < 4.78 is 43.6. The number of pyridine rings is 1. The molecule has 2 saturated heterocycles. The second-order valence-electron chi connectivity index (χ2n) is 6.29. The van der Waals surface area contributed by atoms with Crippen molar-refractivity contribution in [3.63, 3.8) is 0 Å². The number of ether oxygens (including phenoxy) is 1. The Morgan fingerprint density at radius 2 is 1.96 bits per heavy atom. The minimum absolute atomic E-state index is 0.179. The monoisotopic (exact) mass is 342 g/mol. The molecule has 0 saturated carbocycles. The first-order chi connectivity index (χ1) is 11.5. The van der Waals surface area contributed by atoms with Crippen LogP contribution in [0.4, 0.5) is 13.2 Å². The maximum absolute atomic E-state index is 12.6. The van der Waals surface area contributed by atoms with Gasteiger partial charge in [-0.05, 0) is 31.7 Å². The SMILES string of the molecule is C=CCOC1C[C@H]2CCC[C@@H](C1)N2Oc1ccc(C(F)(F)F)cn1. The normalized spacial score (nSPS) is 27.7. The van der Waals surface area contributed by atoms with Crippen molar-refractivity contribution >= 4 is 0 Å². The molecule has 3 heterocycles. The van der Waals surface area contributed by atoms with E-state index in [-0.39, 0.29) is 24.1 Å². The number of aromatic nitrogens is 1. The molecule has 0 spiro atoms. The van der Waals surface area contributed by atoms with E-state index < -0.39 is 11.7 Å². The maximum Gasteiger partial charge on any atom is 0.417 e. The van der Waals surface area contributed by atoms with Gasteiger partial charge in [-0.25, -0.2) is 4.98 Å². The molecule has 2 bridgehead atoms. The second-order valence-corrected chi connectivity index (χ2v) is 6.29. The molecule has 2 aliphatic rings. The standard InChI is InChI=1S/C17H21F3N2O2/c1-2-8-23-15-9-13-4-3-5-14(10-15)22(13)24-16-7-6-12(11-21-16)17(18,19)20/h2,6-7,11,13-15H,1,3-5,8-10H2/t13-,14+,15?. The molecule has 3 atom stereocenters. The summed E-state index contributed by atoms with van der Waals surface area (Å²) in [6, 6.07) is 2.68. The molecule has 1 unspecified atom stereocenters. The van der Waals surface area contributed by atoms with Crippen molar-refractivity contribution in [2.24, 2.45) is 0 Å². The van der Waals surface area contributed by atoms with Gasteiger partial charge in [-0.15, -0.1) is 11.6 Å². The van der Waals surface area contributed by atoms with Gasteiger partial charge in [0.25, 0.3) is 0 Å². The van der Waals surface area contributed by atoms with Gasteiger partial charge in [0.15, 0.2) is 0 Å². The van der Waals surface area contributed by atoms with Gasteiger partial charge in [0.05, 0.1) is 18.3 Å². The summed E-state index contributed by atoms with van der Waals surface area (Å²) in [5, 5.41) is 1.91. The molecule has 0 radical (unpaired) electrons.